The van der Waals surface area contributed by atoms with Crippen molar-refractivity contribution >= 4 is 28.9 Å². The number of ether oxygens (including phenoxy) is 1. The molecule has 2 aliphatic rings. The molecule has 6 rings (SSSR count). The molecule has 0 atom stereocenters. The van der Waals surface area contributed by atoms with Gasteiger partial charge in [0.05, 0.1) is 29.7 Å². The van der Waals surface area contributed by atoms with Gasteiger partial charge < -0.3 is 29.7 Å². The Morgan fingerprint density at radius 1 is 1.07 bits per heavy atom. The molecule has 0 bridgehead atoms. The second-order valence-electron chi connectivity index (χ2n) is 12.7. The molecule has 9 heteroatoms. The third-order valence-electron chi connectivity index (χ3n) is 9.72. The first-order valence-electron chi connectivity index (χ1n) is 16.6. The summed E-state index contributed by atoms with van der Waals surface area (Å²) in [6.07, 6.45) is 10.5. The first-order chi connectivity index (χ1) is 22.3. The van der Waals surface area contributed by atoms with Crippen molar-refractivity contribution in [2.45, 2.75) is 64.8 Å². The number of carbonyl (C=O) groups is 1. The number of benzene rings is 2. The number of aryl methyl sites for hydroxylation is 4. The minimum absolute atomic E-state index is 0.0703. The van der Waals surface area contributed by atoms with E-state index < -0.39 is 0 Å². The Balaban J connectivity index is 1.27. The van der Waals surface area contributed by atoms with Crippen LogP contribution in [0.4, 0.5) is 23.0 Å². The maximum absolute atomic E-state index is 13.8. The van der Waals surface area contributed by atoms with E-state index in [1.807, 2.05) is 24.0 Å². The first-order valence-corrected chi connectivity index (χ1v) is 16.6. The Morgan fingerprint density at radius 2 is 1.80 bits per heavy atom. The standard InChI is InChI=1S/C37H47N7O2/c1-7-24-11-9-12-25(8-2)33(24)40-36(45)30-23-43(5)35-29(30)14-10-13-26-22-38-37(41-34(26)35)39-31-16-15-28(21-32(31)46-6)44-19-17-27(18-20-44)42(3)4/h9,11-12,15-16,21-23,27H,7-8,10,13-14,17-20H2,1-6H3,(H,40,45)(H,38,39,41). The van der Waals surface area contributed by atoms with Crippen molar-refractivity contribution in [3.8, 4) is 17.1 Å². The van der Waals surface area contributed by atoms with Crippen LogP contribution in [0.5, 0.6) is 5.75 Å². The largest absolute Gasteiger partial charge is 0.494 e. The van der Waals surface area contributed by atoms with Crippen LogP contribution >= 0.6 is 0 Å². The van der Waals surface area contributed by atoms with Gasteiger partial charge in [-0.05, 0) is 93.4 Å². The highest BCUT2D eigenvalue weighted by Gasteiger charge is 2.27. The average molecular weight is 622 g/mol. The zero-order valence-electron chi connectivity index (χ0n) is 28.1. The number of methoxy groups -OCH3 is 1. The van der Waals surface area contributed by atoms with Crippen molar-refractivity contribution in [3.63, 3.8) is 0 Å². The number of amides is 1. The van der Waals surface area contributed by atoms with E-state index >= 15 is 0 Å². The van der Waals surface area contributed by atoms with Crippen molar-refractivity contribution in [1.82, 2.24) is 19.4 Å². The topological polar surface area (TPSA) is 87.6 Å². The van der Waals surface area contributed by atoms with Crippen LogP contribution in [0.1, 0.15) is 65.7 Å². The van der Waals surface area contributed by atoms with Crippen molar-refractivity contribution in [3.05, 3.63) is 76.6 Å². The lowest BCUT2D eigenvalue weighted by atomic mass is 10.0. The van der Waals surface area contributed by atoms with Crippen molar-refractivity contribution in [2.24, 2.45) is 7.05 Å². The fourth-order valence-electron chi connectivity index (χ4n) is 7.07. The molecule has 2 N–H and O–H groups in total. The smallest absolute Gasteiger partial charge is 0.257 e. The van der Waals surface area contributed by atoms with Crippen molar-refractivity contribution in [2.75, 3.05) is 49.8 Å². The lowest BCUT2D eigenvalue weighted by Gasteiger charge is -2.36. The summed E-state index contributed by atoms with van der Waals surface area (Å²) in [7, 11) is 8.03. The van der Waals surface area contributed by atoms with Gasteiger partial charge in [-0.3, -0.25) is 4.79 Å². The van der Waals surface area contributed by atoms with Crippen LogP contribution < -0.4 is 20.3 Å². The molecule has 46 heavy (non-hydrogen) atoms. The molecule has 2 aromatic carbocycles. The number of anilines is 4. The van der Waals surface area contributed by atoms with Gasteiger partial charge in [0.2, 0.25) is 5.95 Å². The molecular formula is C37H47N7O2. The van der Waals surface area contributed by atoms with Crippen LogP contribution in [0.15, 0.2) is 48.8 Å². The fraction of sp³-hybridized carbons (Fsp3) is 0.432. The van der Waals surface area contributed by atoms with E-state index in [4.69, 9.17) is 14.7 Å². The minimum atomic E-state index is -0.0703. The number of fused-ring (bicyclic) bond motifs is 3. The molecule has 0 spiro atoms. The zero-order chi connectivity index (χ0) is 32.4. The molecule has 1 aliphatic heterocycles. The van der Waals surface area contributed by atoms with Gasteiger partial charge in [-0.25, -0.2) is 9.97 Å². The lowest BCUT2D eigenvalue weighted by Crippen LogP contribution is -2.41. The maximum Gasteiger partial charge on any atom is 0.257 e. The highest BCUT2D eigenvalue weighted by Crippen LogP contribution is 2.37. The molecule has 4 aromatic rings. The van der Waals surface area contributed by atoms with Crippen molar-refractivity contribution < 1.29 is 9.53 Å². The molecular weight excluding hydrogens is 574 g/mol. The van der Waals surface area contributed by atoms with Gasteiger partial charge in [-0.15, -0.1) is 0 Å². The van der Waals surface area contributed by atoms with Gasteiger partial charge in [0.25, 0.3) is 5.91 Å². The molecule has 1 aliphatic carbocycles. The van der Waals surface area contributed by atoms with Gasteiger partial charge in [0.15, 0.2) is 0 Å². The molecule has 2 aromatic heterocycles. The van der Waals surface area contributed by atoms with E-state index in [0.717, 1.165) is 114 Å². The molecule has 3 heterocycles. The van der Waals surface area contributed by atoms with Gasteiger partial charge in [0.1, 0.15) is 5.75 Å². The number of rotatable bonds is 9. The highest BCUT2D eigenvalue weighted by molar-refractivity contribution is 6.07. The number of para-hydroxylation sites is 1. The van der Waals surface area contributed by atoms with Crippen LogP contribution in [0.2, 0.25) is 0 Å². The normalized spacial score (nSPS) is 14.9. The maximum atomic E-state index is 13.8. The molecule has 0 saturated carbocycles. The number of aromatic nitrogens is 3. The van der Waals surface area contributed by atoms with E-state index in [0.29, 0.717) is 17.6 Å². The summed E-state index contributed by atoms with van der Waals surface area (Å²) < 4.78 is 7.87. The average Bonchev–Trinajstić information content (AvgIpc) is 3.28. The SMILES string of the molecule is CCc1cccc(CC)c1NC(=O)c1cn(C)c2c1CCCc1cnc(Nc3ccc(N4CCC(N(C)C)CC4)cc3OC)nc1-2. The Bertz CT molecular complexity index is 1700. The van der Waals surface area contributed by atoms with Crippen LogP contribution in [-0.4, -0.2) is 65.7 Å². The molecule has 0 radical (unpaired) electrons. The third-order valence-corrected chi connectivity index (χ3v) is 9.72. The zero-order valence-corrected chi connectivity index (χ0v) is 28.1. The van der Waals surface area contributed by atoms with E-state index in [-0.39, 0.29) is 5.91 Å². The summed E-state index contributed by atoms with van der Waals surface area (Å²) in [5.41, 5.74) is 9.91. The van der Waals surface area contributed by atoms with Crippen LogP contribution in [0.25, 0.3) is 11.4 Å². The Labute approximate surface area is 273 Å². The Morgan fingerprint density at radius 3 is 2.48 bits per heavy atom. The third kappa shape index (κ3) is 6.20. The van der Waals surface area contributed by atoms with Crippen LogP contribution in [0.3, 0.4) is 0 Å². The number of nitrogens with one attached hydrogen (secondary N) is 2. The molecule has 9 nitrogen and oxygen atoms in total. The second kappa shape index (κ2) is 13.5. The fourth-order valence-corrected chi connectivity index (χ4v) is 7.07. The highest BCUT2D eigenvalue weighted by atomic mass is 16.5. The van der Waals surface area contributed by atoms with Gasteiger partial charge >= 0.3 is 0 Å². The minimum Gasteiger partial charge on any atom is -0.494 e. The molecule has 1 fully saturated rings. The van der Waals surface area contributed by atoms with Crippen LogP contribution in [-0.2, 0) is 32.7 Å². The predicted molar refractivity (Wildman–Crippen MR) is 187 cm³/mol. The summed E-state index contributed by atoms with van der Waals surface area (Å²) >= 11 is 0. The number of nitrogens with zero attached hydrogens (tertiary/aromatic N) is 5. The summed E-state index contributed by atoms with van der Waals surface area (Å²) in [5, 5.41) is 6.70. The summed E-state index contributed by atoms with van der Waals surface area (Å²) in [6.45, 7) is 6.30. The number of hydrogen-bond donors (Lipinski definition) is 2. The molecule has 242 valence electrons. The van der Waals surface area contributed by atoms with Crippen LogP contribution in [0, 0.1) is 0 Å². The Hall–Kier alpha value is -4.37. The van der Waals surface area contributed by atoms with E-state index in [1.165, 1.54) is 0 Å². The summed E-state index contributed by atoms with van der Waals surface area (Å²) in [4.78, 5) is 28.3. The van der Waals surface area contributed by atoms with E-state index in [2.05, 4.69) is 84.8 Å². The second-order valence-corrected chi connectivity index (χ2v) is 12.7. The summed E-state index contributed by atoms with van der Waals surface area (Å²) in [6, 6.07) is 13.2. The van der Waals surface area contributed by atoms with Gasteiger partial charge in [0, 0.05) is 56.0 Å². The lowest BCUT2D eigenvalue weighted by molar-refractivity contribution is 0.102. The van der Waals surface area contributed by atoms with E-state index in [9.17, 15) is 4.79 Å². The molecule has 0 unspecified atom stereocenters. The number of carbonyl (C=O) groups excluding carboxylic acids is 1. The van der Waals surface area contributed by atoms with E-state index in [1.54, 1.807) is 7.11 Å². The predicted octanol–water partition coefficient (Wildman–Crippen LogP) is 6.63. The number of piperidine rings is 1. The monoisotopic (exact) mass is 621 g/mol. The molecule has 1 amide bonds. The first kappa shape index (κ1) is 31.6. The quantitative estimate of drug-likeness (QED) is 0.217. The number of hydrogen-bond acceptors (Lipinski definition) is 7. The van der Waals surface area contributed by atoms with Gasteiger partial charge in [-0.1, -0.05) is 32.0 Å². The van der Waals surface area contributed by atoms with Gasteiger partial charge in [-0.2, -0.15) is 0 Å². The van der Waals surface area contributed by atoms with Crippen molar-refractivity contribution in [1.29, 1.82) is 0 Å². The molecule has 1 saturated heterocycles. The Kier molecular flexibility index (Phi) is 9.31. The summed E-state index contributed by atoms with van der Waals surface area (Å²) in [5.74, 6) is 1.18.